The van der Waals surface area contributed by atoms with E-state index in [1.807, 2.05) is 0 Å². The smallest absolute Gasteiger partial charge is 0.0320 e. The second kappa shape index (κ2) is 6.35. The summed E-state index contributed by atoms with van der Waals surface area (Å²) in [5.74, 6) is 0.802. The average Bonchev–Trinajstić information content (AvgIpc) is 2.89. The van der Waals surface area contributed by atoms with Crippen LogP contribution in [0, 0.1) is 5.92 Å². The van der Waals surface area contributed by atoms with Crippen molar-refractivity contribution in [3.05, 3.63) is 35.9 Å². The second-order valence-electron chi connectivity index (χ2n) is 5.48. The summed E-state index contributed by atoms with van der Waals surface area (Å²) < 4.78 is 0. The van der Waals surface area contributed by atoms with Crippen LogP contribution >= 0.6 is 0 Å². The zero-order valence-electron chi connectivity index (χ0n) is 11.9. The molecule has 2 rings (SSSR count). The van der Waals surface area contributed by atoms with Crippen molar-refractivity contribution in [3.63, 3.8) is 0 Å². The highest BCUT2D eigenvalue weighted by molar-refractivity contribution is 5.18. The van der Waals surface area contributed by atoms with Gasteiger partial charge >= 0.3 is 0 Å². The van der Waals surface area contributed by atoms with E-state index in [4.69, 9.17) is 0 Å². The Bertz CT molecular complexity index is 349. The first-order valence-corrected chi connectivity index (χ1v) is 7.24. The number of hydrogen-bond donors (Lipinski definition) is 1. The first kappa shape index (κ1) is 13.6. The van der Waals surface area contributed by atoms with Crippen LogP contribution in [0.1, 0.15) is 38.8 Å². The highest BCUT2D eigenvalue weighted by Crippen LogP contribution is 2.28. The van der Waals surface area contributed by atoms with E-state index in [1.54, 1.807) is 0 Å². The molecule has 0 aromatic heterocycles. The molecule has 0 saturated carbocycles. The Morgan fingerprint density at radius 1 is 1.28 bits per heavy atom. The summed E-state index contributed by atoms with van der Waals surface area (Å²) >= 11 is 0. The Balaban J connectivity index is 1.92. The molecule has 2 heteroatoms. The summed E-state index contributed by atoms with van der Waals surface area (Å²) in [6.07, 6.45) is 1.32. The summed E-state index contributed by atoms with van der Waals surface area (Å²) in [7, 11) is 0. The average molecular weight is 246 g/mol. The first-order chi connectivity index (χ1) is 8.72. The quantitative estimate of drug-likeness (QED) is 0.859. The number of likely N-dealkylation sites (tertiary alicyclic amines) is 1. The van der Waals surface area contributed by atoms with Crippen LogP contribution in [0.2, 0.25) is 0 Å². The van der Waals surface area contributed by atoms with Gasteiger partial charge in [-0.2, -0.15) is 0 Å². The van der Waals surface area contributed by atoms with Crippen molar-refractivity contribution in [1.82, 2.24) is 10.2 Å². The lowest BCUT2D eigenvalue weighted by molar-refractivity contribution is 0.243. The minimum absolute atomic E-state index is 0.546. The monoisotopic (exact) mass is 246 g/mol. The fraction of sp³-hybridized carbons (Fsp3) is 0.625. The predicted molar refractivity (Wildman–Crippen MR) is 77.7 cm³/mol. The van der Waals surface area contributed by atoms with Crippen LogP contribution in [0.3, 0.4) is 0 Å². The molecule has 1 saturated heterocycles. The lowest BCUT2D eigenvalue weighted by atomic mass is 10.0. The molecule has 1 aromatic carbocycles. The van der Waals surface area contributed by atoms with Crippen molar-refractivity contribution < 1.29 is 0 Å². The van der Waals surface area contributed by atoms with E-state index in [0.717, 1.165) is 12.5 Å². The Morgan fingerprint density at radius 2 is 2.00 bits per heavy atom. The molecule has 3 atom stereocenters. The molecule has 0 aliphatic carbocycles. The van der Waals surface area contributed by atoms with Gasteiger partial charge < -0.3 is 5.32 Å². The highest BCUT2D eigenvalue weighted by atomic mass is 15.2. The fourth-order valence-electron chi connectivity index (χ4n) is 3.01. The van der Waals surface area contributed by atoms with Crippen LogP contribution in [0.5, 0.6) is 0 Å². The molecular formula is C16H26N2. The molecule has 18 heavy (non-hydrogen) atoms. The third-order valence-electron chi connectivity index (χ3n) is 4.32. The number of rotatable bonds is 5. The van der Waals surface area contributed by atoms with Crippen LogP contribution in [-0.4, -0.2) is 30.6 Å². The predicted octanol–water partition coefficient (Wildman–Crippen LogP) is 3.07. The van der Waals surface area contributed by atoms with E-state index in [1.165, 1.54) is 25.1 Å². The van der Waals surface area contributed by atoms with Crippen LogP contribution in [0.15, 0.2) is 30.3 Å². The van der Waals surface area contributed by atoms with Crippen LogP contribution in [-0.2, 0) is 0 Å². The summed E-state index contributed by atoms with van der Waals surface area (Å²) in [5.41, 5.74) is 1.44. The van der Waals surface area contributed by atoms with Gasteiger partial charge in [-0.15, -0.1) is 0 Å². The van der Waals surface area contributed by atoms with Gasteiger partial charge in [-0.05, 0) is 44.8 Å². The molecule has 0 amide bonds. The molecule has 1 aromatic rings. The highest BCUT2D eigenvalue weighted by Gasteiger charge is 2.29. The zero-order valence-corrected chi connectivity index (χ0v) is 11.9. The van der Waals surface area contributed by atoms with Gasteiger partial charge in [-0.3, -0.25) is 4.90 Å². The van der Waals surface area contributed by atoms with Gasteiger partial charge in [0, 0.05) is 18.6 Å². The van der Waals surface area contributed by atoms with E-state index in [2.05, 4.69) is 61.3 Å². The summed E-state index contributed by atoms with van der Waals surface area (Å²) in [6, 6.07) is 12.0. The largest absolute Gasteiger partial charge is 0.314 e. The van der Waals surface area contributed by atoms with Crippen LogP contribution in [0.25, 0.3) is 0 Å². The van der Waals surface area contributed by atoms with E-state index in [-0.39, 0.29) is 0 Å². The van der Waals surface area contributed by atoms with Crippen molar-refractivity contribution in [2.75, 3.05) is 19.6 Å². The molecular weight excluding hydrogens is 220 g/mol. The topological polar surface area (TPSA) is 15.3 Å². The number of nitrogens with zero attached hydrogens (tertiary/aromatic N) is 1. The normalized spacial score (nSPS) is 24.1. The molecule has 100 valence electrons. The SMILES string of the molecule is CCN[C@@H](C)[C@@H]1CCN([C@@H](C)c2ccccc2)C1. The molecule has 0 unspecified atom stereocenters. The van der Waals surface area contributed by atoms with Crippen molar-refractivity contribution in [2.45, 2.75) is 39.3 Å². The van der Waals surface area contributed by atoms with Gasteiger partial charge in [0.05, 0.1) is 0 Å². The summed E-state index contributed by atoms with van der Waals surface area (Å²) in [5, 5.41) is 3.56. The van der Waals surface area contributed by atoms with Crippen molar-refractivity contribution in [3.8, 4) is 0 Å². The van der Waals surface area contributed by atoms with Gasteiger partial charge in [0.1, 0.15) is 0 Å². The van der Waals surface area contributed by atoms with Gasteiger partial charge in [0.15, 0.2) is 0 Å². The fourth-order valence-corrected chi connectivity index (χ4v) is 3.01. The van der Waals surface area contributed by atoms with Crippen molar-refractivity contribution in [2.24, 2.45) is 5.92 Å². The zero-order chi connectivity index (χ0) is 13.0. The molecule has 1 aliphatic heterocycles. The van der Waals surface area contributed by atoms with E-state index < -0.39 is 0 Å². The van der Waals surface area contributed by atoms with Gasteiger partial charge in [0.2, 0.25) is 0 Å². The number of nitrogens with one attached hydrogen (secondary N) is 1. The van der Waals surface area contributed by atoms with E-state index in [0.29, 0.717) is 12.1 Å². The van der Waals surface area contributed by atoms with Crippen molar-refractivity contribution >= 4 is 0 Å². The van der Waals surface area contributed by atoms with Crippen LogP contribution < -0.4 is 5.32 Å². The van der Waals surface area contributed by atoms with Gasteiger partial charge in [-0.1, -0.05) is 37.3 Å². The standard InChI is InChI=1S/C16H26N2/c1-4-17-13(2)16-10-11-18(12-16)14(3)15-8-6-5-7-9-15/h5-9,13-14,16-17H,4,10-12H2,1-3H3/t13-,14-,16+/m0/s1. The Labute approximate surface area is 111 Å². The van der Waals surface area contributed by atoms with E-state index >= 15 is 0 Å². The minimum Gasteiger partial charge on any atom is -0.314 e. The Kier molecular flexibility index (Phi) is 4.79. The molecule has 1 heterocycles. The van der Waals surface area contributed by atoms with E-state index in [9.17, 15) is 0 Å². The molecule has 2 nitrogen and oxygen atoms in total. The molecule has 1 N–H and O–H groups in total. The molecule has 1 aliphatic rings. The third-order valence-corrected chi connectivity index (χ3v) is 4.32. The molecule has 1 fully saturated rings. The van der Waals surface area contributed by atoms with Gasteiger partial charge in [-0.25, -0.2) is 0 Å². The summed E-state index contributed by atoms with van der Waals surface area (Å²) in [6.45, 7) is 10.4. The molecule has 0 radical (unpaired) electrons. The lowest BCUT2D eigenvalue weighted by Gasteiger charge is -2.26. The van der Waals surface area contributed by atoms with Gasteiger partial charge in [0.25, 0.3) is 0 Å². The molecule has 0 spiro atoms. The second-order valence-corrected chi connectivity index (χ2v) is 5.48. The number of hydrogen-bond acceptors (Lipinski definition) is 2. The number of benzene rings is 1. The lowest BCUT2D eigenvalue weighted by Crippen LogP contribution is -2.35. The van der Waals surface area contributed by atoms with Crippen molar-refractivity contribution in [1.29, 1.82) is 0 Å². The summed E-state index contributed by atoms with van der Waals surface area (Å²) in [4.78, 5) is 2.62. The maximum absolute atomic E-state index is 3.56. The third kappa shape index (κ3) is 3.12. The molecule has 0 bridgehead atoms. The first-order valence-electron chi connectivity index (χ1n) is 7.24. The maximum Gasteiger partial charge on any atom is 0.0320 e. The Morgan fingerprint density at radius 3 is 2.67 bits per heavy atom. The van der Waals surface area contributed by atoms with Crippen LogP contribution in [0.4, 0.5) is 0 Å². The Hall–Kier alpha value is -0.860. The minimum atomic E-state index is 0.546. The maximum atomic E-state index is 3.56.